The van der Waals surface area contributed by atoms with Crippen molar-refractivity contribution in [1.29, 1.82) is 0 Å². The van der Waals surface area contributed by atoms with Gasteiger partial charge in [0.2, 0.25) is 0 Å². The van der Waals surface area contributed by atoms with Crippen LogP contribution >= 0.6 is 27.5 Å². The number of hydrogen-bond acceptors (Lipinski definition) is 4. The Hall–Kier alpha value is -3.42. The van der Waals surface area contributed by atoms with E-state index in [1.807, 2.05) is 12.1 Å². The van der Waals surface area contributed by atoms with Crippen molar-refractivity contribution < 1.29 is 19.1 Å². The van der Waals surface area contributed by atoms with E-state index in [-0.39, 0.29) is 5.57 Å². The van der Waals surface area contributed by atoms with Gasteiger partial charge in [-0.05, 0) is 69.5 Å². The molecule has 0 saturated carbocycles. The molecule has 1 heterocycles. The van der Waals surface area contributed by atoms with Gasteiger partial charge in [0.05, 0.1) is 10.2 Å². The first-order chi connectivity index (χ1) is 15.4. The molecule has 1 aliphatic rings. The zero-order valence-electron chi connectivity index (χ0n) is 16.5. The third kappa shape index (κ3) is 4.74. The second-order valence-corrected chi connectivity index (χ2v) is 8.19. The van der Waals surface area contributed by atoms with Gasteiger partial charge in [0.25, 0.3) is 11.8 Å². The van der Waals surface area contributed by atoms with Crippen molar-refractivity contribution in [1.82, 2.24) is 5.32 Å². The first-order valence-electron chi connectivity index (χ1n) is 9.55. The molecule has 0 aliphatic carbocycles. The summed E-state index contributed by atoms with van der Waals surface area (Å²) >= 11 is 9.36. The number of nitrogens with one attached hydrogen (secondary N) is 1. The summed E-state index contributed by atoms with van der Waals surface area (Å²) in [5.41, 5.74) is 1.79. The monoisotopic (exact) mass is 510 g/mol. The minimum Gasteiger partial charge on any atom is -0.488 e. The molecule has 32 heavy (non-hydrogen) atoms. The molecule has 1 saturated heterocycles. The van der Waals surface area contributed by atoms with E-state index < -0.39 is 17.8 Å². The van der Waals surface area contributed by atoms with Gasteiger partial charge in [0, 0.05) is 5.02 Å². The highest BCUT2D eigenvalue weighted by Crippen LogP contribution is 2.29. The highest BCUT2D eigenvalue weighted by atomic mass is 79.9. The molecule has 160 valence electrons. The highest BCUT2D eigenvalue weighted by molar-refractivity contribution is 9.10. The number of hydrogen-bond donors (Lipinski definition) is 1. The molecule has 4 rings (SSSR count). The first-order valence-corrected chi connectivity index (χ1v) is 10.7. The molecule has 0 aromatic heterocycles. The minimum atomic E-state index is -0.782. The summed E-state index contributed by atoms with van der Waals surface area (Å²) in [4.78, 5) is 38.4. The molecular formula is C24H16BrClN2O4. The van der Waals surface area contributed by atoms with Crippen LogP contribution in [0.25, 0.3) is 6.08 Å². The molecule has 0 radical (unpaired) electrons. The van der Waals surface area contributed by atoms with Crippen molar-refractivity contribution in [2.75, 3.05) is 4.90 Å². The number of carbonyl (C=O) groups is 3. The molecule has 0 unspecified atom stereocenters. The largest absolute Gasteiger partial charge is 0.488 e. The van der Waals surface area contributed by atoms with Crippen molar-refractivity contribution in [2.24, 2.45) is 0 Å². The molecule has 0 bridgehead atoms. The Morgan fingerprint density at radius 3 is 2.38 bits per heavy atom. The second-order valence-electron chi connectivity index (χ2n) is 6.90. The van der Waals surface area contributed by atoms with Crippen LogP contribution in [0.3, 0.4) is 0 Å². The van der Waals surface area contributed by atoms with Gasteiger partial charge in [-0.25, -0.2) is 9.69 Å². The topological polar surface area (TPSA) is 75.7 Å². The normalized spacial score (nSPS) is 15.1. The molecule has 4 amide bonds. The Balaban J connectivity index is 1.55. The number of ether oxygens (including phenoxy) is 1. The Bertz CT molecular complexity index is 1230. The Kier molecular flexibility index (Phi) is 6.39. The van der Waals surface area contributed by atoms with E-state index in [9.17, 15) is 14.4 Å². The molecule has 3 aromatic carbocycles. The van der Waals surface area contributed by atoms with Crippen LogP contribution in [0.5, 0.6) is 5.75 Å². The number of benzene rings is 3. The van der Waals surface area contributed by atoms with E-state index in [0.29, 0.717) is 33.1 Å². The van der Waals surface area contributed by atoms with Crippen molar-refractivity contribution in [3.8, 4) is 5.75 Å². The smallest absolute Gasteiger partial charge is 0.335 e. The lowest BCUT2D eigenvalue weighted by molar-refractivity contribution is -0.122. The number of amides is 4. The molecule has 0 spiro atoms. The van der Waals surface area contributed by atoms with E-state index in [0.717, 1.165) is 10.5 Å². The number of urea groups is 1. The molecule has 8 heteroatoms. The third-order valence-electron chi connectivity index (χ3n) is 4.69. The number of para-hydroxylation sites is 1. The van der Waals surface area contributed by atoms with Crippen molar-refractivity contribution in [2.45, 2.75) is 6.61 Å². The van der Waals surface area contributed by atoms with Gasteiger partial charge < -0.3 is 4.74 Å². The quantitative estimate of drug-likeness (QED) is 0.370. The number of anilines is 1. The maximum Gasteiger partial charge on any atom is 0.335 e. The molecule has 6 nitrogen and oxygen atoms in total. The van der Waals surface area contributed by atoms with E-state index in [4.69, 9.17) is 16.3 Å². The fourth-order valence-corrected chi connectivity index (χ4v) is 3.74. The molecule has 1 aliphatic heterocycles. The molecule has 1 fully saturated rings. The fourth-order valence-electron chi connectivity index (χ4n) is 3.10. The summed E-state index contributed by atoms with van der Waals surface area (Å²) in [6, 6.07) is 20.2. The summed E-state index contributed by atoms with van der Waals surface area (Å²) in [6.45, 7) is 0.352. The van der Waals surface area contributed by atoms with E-state index in [1.54, 1.807) is 60.7 Å². The zero-order valence-corrected chi connectivity index (χ0v) is 18.9. The van der Waals surface area contributed by atoms with Gasteiger partial charge in [-0.2, -0.15) is 0 Å². The van der Waals surface area contributed by atoms with Gasteiger partial charge in [-0.1, -0.05) is 48.0 Å². The number of imide groups is 2. The third-order valence-corrected chi connectivity index (χ3v) is 5.56. The molecule has 0 atom stereocenters. The van der Waals surface area contributed by atoms with Crippen LogP contribution < -0.4 is 15.0 Å². The van der Waals surface area contributed by atoms with E-state index in [2.05, 4.69) is 21.2 Å². The predicted octanol–water partition coefficient (Wildman–Crippen LogP) is 5.35. The summed E-state index contributed by atoms with van der Waals surface area (Å²) in [5.74, 6) is -0.835. The summed E-state index contributed by atoms with van der Waals surface area (Å²) < 4.78 is 6.48. The lowest BCUT2D eigenvalue weighted by Crippen LogP contribution is -2.54. The number of halogens is 2. The fraction of sp³-hybridized carbons (Fsp3) is 0.0417. The maximum absolute atomic E-state index is 12.9. The standard InChI is InChI=1S/C24H16BrClN2O4/c25-20-13-16(8-11-21(20)32-14-15-6-9-17(26)10-7-15)12-19-22(29)27-24(31)28(23(19)30)18-4-2-1-3-5-18/h1-13H,14H2,(H,27,29,31)/b19-12+. The predicted molar refractivity (Wildman–Crippen MR) is 125 cm³/mol. The van der Waals surface area contributed by atoms with Crippen LogP contribution in [0.4, 0.5) is 10.5 Å². The number of carbonyl (C=O) groups excluding carboxylic acids is 3. The lowest BCUT2D eigenvalue weighted by Gasteiger charge is -2.26. The van der Waals surface area contributed by atoms with Crippen LogP contribution in [0.1, 0.15) is 11.1 Å². The number of rotatable bonds is 5. The summed E-state index contributed by atoms with van der Waals surface area (Å²) in [6.07, 6.45) is 1.44. The zero-order chi connectivity index (χ0) is 22.7. The lowest BCUT2D eigenvalue weighted by atomic mass is 10.1. The van der Waals surface area contributed by atoms with Gasteiger partial charge in [-0.15, -0.1) is 0 Å². The maximum atomic E-state index is 12.9. The number of nitrogens with zero attached hydrogens (tertiary/aromatic N) is 1. The van der Waals surface area contributed by atoms with Crippen molar-refractivity contribution in [3.05, 3.63) is 99.0 Å². The van der Waals surface area contributed by atoms with Crippen LogP contribution in [0.2, 0.25) is 5.02 Å². The van der Waals surface area contributed by atoms with Gasteiger partial charge in [-0.3, -0.25) is 14.9 Å². The molecule has 3 aromatic rings. The average Bonchev–Trinajstić information content (AvgIpc) is 2.78. The Labute approximate surface area is 197 Å². The minimum absolute atomic E-state index is 0.143. The van der Waals surface area contributed by atoms with Crippen LogP contribution in [-0.4, -0.2) is 17.8 Å². The van der Waals surface area contributed by atoms with Crippen LogP contribution in [0.15, 0.2) is 82.8 Å². The summed E-state index contributed by atoms with van der Waals surface area (Å²) in [7, 11) is 0. The van der Waals surface area contributed by atoms with E-state index >= 15 is 0 Å². The van der Waals surface area contributed by atoms with Gasteiger partial charge >= 0.3 is 6.03 Å². The van der Waals surface area contributed by atoms with Gasteiger partial charge in [0.15, 0.2) is 0 Å². The average molecular weight is 512 g/mol. The van der Waals surface area contributed by atoms with Crippen molar-refractivity contribution >= 4 is 57.1 Å². The number of barbiturate groups is 1. The first kappa shape index (κ1) is 21.8. The molecule has 1 N–H and O–H groups in total. The second kappa shape index (κ2) is 9.38. The van der Waals surface area contributed by atoms with Crippen LogP contribution in [0, 0.1) is 0 Å². The van der Waals surface area contributed by atoms with Crippen LogP contribution in [-0.2, 0) is 16.2 Å². The molecular weight excluding hydrogens is 496 g/mol. The SMILES string of the molecule is O=C1NC(=O)N(c2ccccc2)C(=O)/C1=C/c1ccc(OCc2ccc(Cl)cc2)c(Br)c1. The Morgan fingerprint density at radius 2 is 1.69 bits per heavy atom. The van der Waals surface area contributed by atoms with Gasteiger partial charge in [0.1, 0.15) is 17.9 Å². The Morgan fingerprint density at radius 1 is 0.969 bits per heavy atom. The van der Waals surface area contributed by atoms with Crippen molar-refractivity contribution in [3.63, 3.8) is 0 Å². The summed E-state index contributed by atoms with van der Waals surface area (Å²) in [5, 5.41) is 2.86. The highest BCUT2D eigenvalue weighted by Gasteiger charge is 2.36. The van der Waals surface area contributed by atoms with E-state index in [1.165, 1.54) is 6.08 Å².